The minimum Gasteiger partial charge on any atom is -0.360 e. The summed E-state index contributed by atoms with van der Waals surface area (Å²) in [5.74, 6) is -1.76. The molecule has 0 aromatic heterocycles. The number of benzene rings is 1. The number of anilines is 1. The summed E-state index contributed by atoms with van der Waals surface area (Å²) in [6.45, 7) is 3.83. The molecule has 2 fully saturated rings. The molecule has 0 spiro atoms. The number of nitrogens with zero attached hydrogens (tertiary/aromatic N) is 2. The number of nitroso groups, excluding NO2 is 1. The molecule has 24 heavy (non-hydrogen) atoms. The Hall–Kier alpha value is -2.34. The number of ether oxygens (including phenoxy) is 1. The van der Waals surface area contributed by atoms with Crippen LogP contribution < -0.4 is 4.90 Å². The van der Waals surface area contributed by atoms with Crippen LogP contribution >= 0.6 is 0 Å². The van der Waals surface area contributed by atoms with Crippen LogP contribution in [-0.2, 0) is 20.7 Å². The van der Waals surface area contributed by atoms with Gasteiger partial charge in [0.15, 0.2) is 0 Å². The van der Waals surface area contributed by atoms with E-state index < -0.39 is 23.5 Å². The molecule has 3 aliphatic heterocycles. The molecule has 2 saturated heterocycles. The van der Waals surface area contributed by atoms with Crippen LogP contribution in [0, 0.1) is 23.7 Å². The van der Waals surface area contributed by atoms with E-state index in [2.05, 4.69) is 5.18 Å². The summed E-state index contributed by atoms with van der Waals surface area (Å²) in [6.07, 6.45) is 3.78. The first-order chi connectivity index (χ1) is 11.5. The van der Waals surface area contributed by atoms with E-state index in [0.717, 1.165) is 17.5 Å². The van der Waals surface area contributed by atoms with Gasteiger partial charge in [-0.15, -0.1) is 0 Å². The highest BCUT2D eigenvalue weighted by molar-refractivity contribution is 6.23. The lowest BCUT2D eigenvalue weighted by molar-refractivity contribution is -0.126. The lowest BCUT2D eigenvalue weighted by atomic mass is 9.77. The van der Waals surface area contributed by atoms with Crippen LogP contribution in [0.25, 0.3) is 0 Å². The van der Waals surface area contributed by atoms with Crippen LogP contribution in [0.15, 0.2) is 35.5 Å². The van der Waals surface area contributed by atoms with Crippen LogP contribution in [0.3, 0.4) is 0 Å². The zero-order valence-corrected chi connectivity index (χ0v) is 13.6. The first-order valence-electron chi connectivity index (χ1n) is 8.16. The first-order valence-corrected chi connectivity index (χ1v) is 8.16. The van der Waals surface area contributed by atoms with Crippen molar-refractivity contribution in [3.05, 3.63) is 46.4 Å². The maximum Gasteiger partial charge on any atom is 0.241 e. The molecule has 6 nitrogen and oxygen atoms in total. The normalized spacial score (nSPS) is 33.4. The fraction of sp³-hybridized carbons (Fsp3) is 0.444. The molecule has 0 N–H and O–H groups in total. The van der Waals surface area contributed by atoms with E-state index >= 15 is 0 Å². The number of fused-ring (bicyclic) bond motifs is 5. The molecular formula is C18H18N2O4. The Balaban J connectivity index is 1.78. The molecule has 2 amide bonds. The molecule has 3 heterocycles. The van der Waals surface area contributed by atoms with E-state index in [-0.39, 0.29) is 18.4 Å². The number of imide groups is 1. The SMILES string of the molecule is CCc1cc(C)ccc1N1C(=O)C2C3C=CC(CN=O)(O3)C2C1=O. The molecule has 3 aliphatic rings. The van der Waals surface area contributed by atoms with Crippen molar-refractivity contribution in [3.8, 4) is 0 Å². The number of carbonyl (C=O) groups excluding carboxylic acids is 2. The van der Waals surface area contributed by atoms with E-state index in [4.69, 9.17) is 4.74 Å². The van der Waals surface area contributed by atoms with Gasteiger partial charge in [-0.1, -0.05) is 41.9 Å². The van der Waals surface area contributed by atoms with Gasteiger partial charge in [0.05, 0.1) is 23.6 Å². The van der Waals surface area contributed by atoms with Crippen molar-refractivity contribution >= 4 is 17.5 Å². The van der Waals surface area contributed by atoms with Gasteiger partial charge < -0.3 is 4.74 Å². The molecule has 0 aliphatic carbocycles. The quantitative estimate of drug-likeness (QED) is 0.482. The standard InChI is InChI=1S/C18H18N2O4/c1-3-11-8-10(2)4-5-12(11)20-16(21)14-13-6-7-18(24-13,9-19-23)15(14)17(20)22/h4-8,13-15H,3,9H2,1-2H3. The summed E-state index contributed by atoms with van der Waals surface area (Å²) < 4.78 is 5.79. The molecular weight excluding hydrogens is 308 g/mol. The van der Waals surface area contributed by atoms with Gasteiger partial charge >= 0.3 is 0 Å². The minimum atomic E-state index is -1.06. The van der Waals surface area contributed by atoms with Gasteiger partial charge in [-0.2, -0.15) is 4.91 Å². The van der Waals surface area contributed by atoms with Crippen molar-refractivity contribution in [3.63, 3.8) is 0 Å². The Kier molecular flexibility index (Phi) is 3.22. The molecule has 1 aromatic carbocycles. The predicted molar refractivity (Wildman–Crippen MR) is 87.4 cm³/mol. The van der Waals surface area contributed by atoms with E-state index in [9.17, 15) is 14.5 Å². The van der Waals surface area contributed by atoms with Gasteiger partial charge in [0.1, 0.15) is 12.1 Å². The molecule has 124 valence electrons. The molecule has 0 radical (unpaired) electrons. The van der Waals surface area contributed by atoms with E-state index in [0.29, 0.717) is 5.69 Å². The second kappa shape index (κ2) is 5.08. The van der Waals surface area contributed by atoms with Crippen LogP contribution in [0.5, 0.6) is 0 Å². The van der Waals surface area contributed by atoms with Crippen molar-refractivity contribution in [2.45, 2.75) is 32.0 Å². The highest BCUT2D eigenvalue weighted by atomic mass is 16.5. The second-order valence-corrected chi connectivity index (χ2v) is 6.68. The third-order valence-electron chi connectivity index (χ3n) is 5.32. The molecule has 4 rings (SSSR count). The van der Waals surface area contributed by atoms with E-state index in [1.54, 1.807) is 12.2 Å². The highest BCUT2D eigenvalue weighted by Crippen LogP contribution is 2.52. The number of amides is 2. The van der Waals surface area contributed by atoms with Crippen LogP contribution in [-0.4, -0.2) is 30.1 Å². The largest absolute Gasteiger partial charge is 0.360 e. The summed E-state index contributed by atoms with van der Waals surface area (Å²) in [4.78, 5) is 38.2. The highest BCUT2D eigenvalue weighted by Gasteiger charge is 2.68. The minimum absolute atomic E-state index is 0.150. The second-order valence-electron chi connectivity index (χ2n) is 6.68. The third kappa shape index (κ3) is 1.80. The van der Waals surface area contributed by atoms with Crippen LogP contribution in [0.2, 0.25) is 0 Å². The monoisotopic (exact) mass is 326 g/mol. The Morgan fingerprint density at radius 2 is 2.08 bits per heavy atom. The first kappa shape index (κ1) is 15.2. The molecule has 0 saturated carbocycles. The van der Waals surface area contributed by atoms with Crippen molar-refractivity contribution in [1.82, 2.24) is 0 Å². The Morgan fingerprint density at radius 3 is 2.79 bits per heavy atom. The maximum absolute atomic E-state index is 13.1. The molecule has 1 aromatic rings. The molecule has 2 bridgehead atoms. The zero-order valence-electron chi connectivity index (χ0n) is 13.6. The summed E-state index contributed by atoms with van der Waals surface area (Å²) in [5.41, 5.74) is 1.62. The topological polar surface area (TPSA) is 76.0 Å². The summed E-state index contributed by atoms with van der Waals surface area (Å²) in [6, 6.07) is 5.72. The Morgan fingerprint density at radius 1 is 1.29 bits per heavy atom. The van der Waals surface area contributed by atoms with Crippen molar-refractivity contribution < 1.29 is 14.3 Å². The van der Waals surface area contributed by atoms with Gasteiger partial charge in [-0.25, -0.2) is 4.90 Å². The van der Waals surface area contributed by atoms with Gasteiger partial charge in [-0.05, 0) is 25.0 Å². The van der Waals surface area contributed by atoms with E-state index in [1.807, 2.05) is 32.0 Å². The van der Waals surface area contributed by atoms with Gasteiger partial charge in [0.2, 0.25) is 11.8 Å². The third-order valence-corrected chi connectivity index (χ3v) is 5.32. The number of rotatable bonds is 4. The number of aryl methyl sites for hydroxylation is 2. The zero-order chi connectivity index (χ0) is 17.1. The average molecular weight is 326 g/mol. The van der Waals surface area contributed by atoms with Crippen LogP contribution in [0.4, 0.5) is 5.69 Å². The van der Waals surface area contributed by atoms with Crippen molar-refractivity contribution in [2.75, 3.05) is 11.4 Å². The average Bonchev–Trinajstić information content (AvgIpc) is 3.19. The molecule has 4 unspecified atom stereocenters. The lowest BCUT2D eigenvalue weighted by Gasteiger charge is -2.26. The molecule has 6 heteroatoms. The number of hydrogen-bond donors (Lipinski definition) is 0. The summed E-state index contributed by atoms with van der Waals surface area (Å²) in [7, 11) is 0. The number of carbonyl (C=O) groups is 2. The summed E-state index contributed by atoms with van der Waals surface area (Å²) in [5, 5.41) is 2.94. The Labute approximate surface area is 139 Å². The van der Waals surface area contributed by atoms with Crippen LogP contribution in [0.1, 0.15) is 18.1 Å². The summed E-state index contributed by atoms with van der Waals surface area (Å²) >= 11 is 0. The number of hydrogen-bond acceptors (Lipinski definition) is 5. The fourth-order valence-corrected chi connectivity index (χ4v) is 4.24. The smallest absolute Gasteiger partial charge is 0.241 e. The van der Waals surface area contributed by atoms with Crippen molar-refractivity contribution in [1.29, 1.82) is 0 Å². The Bertz CT molecular complexity index is 787. The fourth-order valence-electron chi connectivity index (χ4n) is 4.24. The predicted octanol–water partition coefficient (Wildman–Crippen LogP) is 2.14. The lowest BCUT2D eigenvalue weighted by Crippen LogP contribution is -2.43. The van der Waals surface area contributed by atoms with Gasteiger partial charge in [0.25, 0.3) is 0 Å². The maximum atomic E-state index is 13.1. The van der Waals surface area contributed by atoms with Crippen molar-refractivity contribution in [2.24, 2.45) is 17.0 Å². The molecule has 4 atom stereocenters. The van der Waals surface area contributed by atoms with E-state index in [1.165, 1.54) is 4.90 Å². The van der Waals surface area contributed by atoms with Gasteiger partial charge in [-0.3, -0.25) is 9.59 Å². The van der Waals surface area contributed by atoms with Gasteiger partial charge in [0, 0.05) is 0 Å².